The zero-order valence-electron chi connectivity index (χ0n) is 9.43. The highest BCUT2D eigenvalue weighted by Gasteiger charge is 1.95. The van der Waals surface area contributed by atoms with Crippen LogP contribution in [0.5, 0.6) is 0 Å². The summed E-state index contributed by atoms with van der Waals surface area (Å²) in [6, 6.07) is 0. The third-order valence-electron chi connectivity index (χ3n) is 1.43. The molecular weight excluding hydrogens is 183 g/mol. The molecule has 2 nitrogen and oxygen atoms in total. The van der Waals surface area contributed by atoms with Crippen LogP contribution in [-0.2, 0) is 9.09 Å². The Balaban J connectivity index is 0. The summed E-state index contributed by atoms with van der Waals surface area (Å²) in [6.07, 6.45) is 5.54. The maximum absolute atomic E-state index is 9.64. The van der Waals surface area contributed by atoms with E-state index in [9.17, 15) is 4.57 Å². The van der Waals surface area contributed by atoms with Crippen LogP contribution in [0.2, 0.25) is 0 Å². The van der Waals surface area contributed by atoms with Crippen LogP contribution in [-0.4, -0.2) is 6.61 Å². The van der Waals surface area contributed by atoms with E-state index in [4.69, 9.17) is 0 Å². The van der Waals surface area contributed by atoms with Crippen molar-refractivity contribution < 1.29 is 9.09 Å². The predicted octanol–water partition coefficient (Wildman–Crippen LogP) is 4.18. The maximum atomic E-state index is 9.64. The Morgan fingerprint density at radius 1 is 1.15 bits per heavy atom. The van der Waals surface area contributed by atoms with Gasteiger partial charge in [0.25, 0.3) is 0 Å². The molecule has 0 aliphatic heterocycles. The molecule has 0 amide bonds. The highest BCUT2D eigenvalue weighted by molar-refractivity contribution is 7.17. The third kappa shape index (κ3) is 24.5. The summed E-state index contributed by atoms with van der Waals surface area (Å²) in [5.74, 6) is 0.487. The molecule has 0 aromatic carbocycles. The minimum Gasteiger partial charge on any atom is -0.148 e. The zero-order valence-corrected chi connectivity index (χ0v) is 10.4. The van der Waals surface area contributed by atoms with Gasteiger partial charge in [0.2, 0.25) is 0 Å². The number of hydrogen-bond acceptors (Lipinski definition) is 2. The smallest absolute Gasteiger partial charge is 0.148 e. The quantitative estimate of drug-likeness (QED) is 0.482. The first-order chi connectivity index (χ1) is 6.18. The van der Waals surface area contributed by atoms with Crippen LogP contribution >= 0.6 is 8.69 Å². The SMILES string of the molecule is CC(C)CO[PH+]=O.CCCCCC. The molecule has 0 saturated carbocycles. The van der Waals surface area contributed by atoms with E-state index in [1.807, 2.05) is 13.8 Å². The van der Waals surface area contributed by atoms with Gasteiger partial charge in [0.05, 0.1) is 0 Å². The second-order valence-corrected chi connectivity index (χ2v) is 3.95. The van der Waals surface area contributed by atoms with Gasteiger partial charge in [-0.3, -0.25) is 0 Å². The van der Waals surface area contributed by atoms with Crippen molar-refractivity contribution in [3.8, 4) is 0 Å². The number of unbranched alkanes of at least 4 members (excludes halogenated alkanes) is 3. The van der Waals surface area contributed by atoms with E-state index < -0.39 is 8.69 Å². The van der Waals surface area contributed by atoms with Crippen LogP contribution in [0.25, 0.3) is 0 Å². The topological polar surface area (TPSA) is 26.3 Å². The van der Waals surface area contributed by atoms with E-state index in [1.54, 1.807) is 0 Å². The lowest BCUT2D eigenvalue weighted by molar-refractivity contribution is 0.293. The van der Waals surface area contributed by atoms with E-state index >= 15 is 0 Å². The first-order valence-corrected chi connectivity index (χ1v) is 5.99. The van der Waals surface area contributed by atoms with Crippen molar-refractivity contribution in [1.82, 2.24) is 0 Å². The lowest BCUT2D eigenvalue weighted by atomic mass is 10.2. The molecule has 0 aliphatic carbocycles. The molecule has 0 aliphatic rings. The standard InChI is InChI=1S/C6H14.C4H10O2P/c1-3-5-6-4-2;1-4(2)3-6-7-5/h3-6H2,1-2H3;4,7H,3H2,1-2H3/q;+1. The fraction of sp³-hybridized carbons (Fsp3) is 1.00. The Morgan fingerprint density at radius 2 is 1.62 bits per heavy atom. The third-order valence-corrected chi connectivity index (χ3v) is 1.72. The lowest BCUT2D eigenvalue weighted by Gasteiger charge is -1.91. The van der Waals surface area contributed by atoms with E-state index in [0.29, 0.717) is 12.5 Å². The molecular formula is C10H24O2P+. The van der Waals surface area contributed by atoms with Gasteiger partial charge in [0.1, 0.15) is 6.61 Å². The van der Waals surface area contributed by atoms with Crippen LogP contribution in [0, 0.1) is 5.92 Å². The molecule has 13 heavy (non-hydrogen) atoms. The van der Waals surface area contributed by atoms with Crippen molar-refractivity contribution in [2.75, 3.05) is 6.61 Å². The zero-order chi connectivity index (χ0) is 10.5. The predicted molar refractivity (Wildman–Crippen MR) is 59.6 cm³/mol. The van der Waals surface area contributed by atoms with Gasteiger partial charge in [-0.15, -0.1) is 4.52 Å². The van der Waals surface area contributed by atoms with Crippen molar-refractivity contribution in [1.29, 1.82) is 0 Å². The molecule has 0 saturated heterocycles. The molecule has 0 rings (SSSR count). The summed E-state index contributed by atoms with van der Waals surface area (Å²) in [4.78, 5) is 0. The van der Waals surface area contributed by atoms with Gasteiger partial charge in [-0.2, -0.15) is 0 Å². The van der Waals surface area contributed by atoms with Gasteiger partial charge in [-0.1, -0.05) is 53.4 Å². The first-order valence-electron chi connectivity index (χ1n) is 5.17. The number of hydrogen-bond donors (Lipinski definition) is 0. The Morgan fingerprint density at radius 3 is 1.77 bits per heavy atom. The summed E-state index contributed by atoms with van der Waals surface area (Å²) in [6.45, 7) is 9.09. The Hall–Kier alpha value is 0.0600. The first kappa shape index (κ1) is 15.5. The molecule has 0 aromatic rings. The van der Waals surface area contributed by atoms with Crippen molar-refractivity contribution in [3.63, 3.8) is 0 Å². The summed E-state index contributed by atoms with van der Waals surface area (Å²) in [5, 5.41) is 0. The van der Waals surface area contributed by atoms with E-state index in [0.717, 1.165) is 0 Å². The normalized spacial score (nSPS) is 9.92. The largest absolute Gasteiger partial charge is 0.494 e. The van der Waals surface area contributed by atoms with Gasteiger partial charge < -0.3 is 0 Å². The van der Waals surface area contributed by atoms with E-state index in [1.165, 1.54) is 25.7 Å². The minimum absolute atomic E-state index is 0.487. The maximum Gasteiger partial charge on any atom is 0.494 e. The van der Waals surface area contributed by atoms with Crippen LogP contribution in [0.15, 0.2) is 0 Å². The van der Waals surface area contributed by atoms with Crippen LogP contribution < -0.4 is 0 Å². The van der Waals surface area contributed by atoms with E-state index in [-0.39, 0.29) is 0 Å². The molecule has 0 bridgehead atoms. The molecule has 80 valence electrons. The second kappa shape index (κ2) is 14.6. The molecule has 0 spiro atoms. The summed E-state index contributed by atoms with van der Waals surface area (Å²) < 4.78 is 14.2. The molecule has 0 radical (unpaired) electrons. The van der Waals surface area contributed by atoms with Crippen LogP contribution in [0.4, 0.5) is 0 Å². The van der Waals surface area contributed by atoms with Crippen molar-refractivity contribution in [2.45, 2.75) is 53.4 Å². The number of rotatable bonds is 6. The van der Waals surface area contributed by atoms with Crippen LogP contribution in [0.1, 0.15) is 53.4 Å². The lowest BCUT2D eigenvalue weighted by Crippen LogP contribution is -1.93. The Labute approximate surface area is 84.3 Å². The fourth-order valence-electron chi connectivity index (χ4n) is 0.701. The summed E-state index contributed by atoms with van der Waals surface area (Å²) >= 11 is 0. The Kier molecular flexibility index (Phi) is 17.4. The molecule has 0 N–H and O–H groups in total. The highest BCUT2D eigenvalue weighted by atomic mass is 31.1. The van der Waals surface area contributed by atoms with Gasteiger partial charge in [-0.05, 0) is 10.5 Å². The Bertz CT molecular complexity index is 90.9. The molecule has 0 fully saturated rings. The molecule has 0 aromatic heterocycles. The summed E-state index contributed by atoms with van der Waals surface area (Å²) in [5.41, 5.74) is 0. The van der Waals surface area contributed by atoms with Crippen molar-refractivity contribution in [3.05, 3.63) is 0 Å². The van der Waals surface area contributed by atoms with Crippen LogP contribution in [0.3, 0.4) is 0 Å². The average molecular weight is 207 g/mol. The second-order valence-electron chi connectivity index (χ2n) is 3.50. The van der Waals surface area contributed by atoms with E-state index in [2.05, 4.69) is 18.4 Å². The summed E-state index contributed by atoms with van der Waals surface area (Å²) in [7, 11) is -0.599. The van der Waals surface area contributed by atoms with Crippen molar-refractivity contribution >= 4 is 8.69 Å². The molecule has 1 unspecified atom stereocenters. The van der Waals surface area contributed by atoms with Gasteiger partial charge in [0, 0.05) is 0 Å². The monoisotopic (exact) mass is 207 g/mol. The van der Waals surface area contributed by atoms with Gasteiger partial charge in [0.15, 0.2) is 0 Å². The molecule has 3 heteroatoms. The van der Waals surface area contributed by atoms with Gasteiger partial charge in [-0.25, -0.2) is 0 Å². The fourth-order valence-corrected chi connectivity index (χ4v) is 1.10. The molecule has 0 heterocycles. The highest BCUT2D eigenvalue weighted by Crippen LogP contribution is 1.99. The van der Waals surface area contributed by atoms with Crippen molar-refractivity contribution in [2.24, 2.45) is 5.92 Å². The minimum atomic E-state index is -0.599. The molecule has 1 atom stereocenters. The average Bonchev–Trinajstić information content (AvgIpc) is 2.12. The van der Waals surface area contributed by atoms with Gasteiger partial charge >= 0.3 is 8.69 Å².